The number of H-pyrrole nitrogens is 1. The highest BCUT2D eigenvalue weighted by Crippen LogP contribution is 2.52. The monoisotopic (exact) mass is 502 g/mol. The van der Waals surface area contributed by atoms with Crippen LogP contribution in [0.1, 0.15) is 55.1 Å². The number of aromatic amines is 1. The minimum atomic E-state index is -0.630. The van der Waals surface area contributed by atoms with Gasteiger partial charge >= 0.3 is 0 Å². The van der Waals surface area contributed by atoms with Crippen molar-refractivity contribution in [3.05, 3.63) is 87.3 Å². The van der Waals surface area contributed by atoms with Gasteiger partial charge in [0, 0.05) is 41.0 Å². The molecule has 1 spiro atoms. The van der Waals surface area contributed by atoms with Crippen molar-refractivity contribution in [2.24, 2.45) is 0 Å². The number of anilines is 1. The third kappa shape index (κ3) is 3.95. The van der Waals surface area contributed by atoms with Gasteiger partial charge in [0.2, 0.25) is 5.91 Å². The fraction of sp³-hybridized carbons (Fsp3) is 0.333. The summed E-state index contributed by atoms with van der Waals surface area (Å²) < 4.78 is 1.61. The number of rotatable bonds is 6. The minimum absolute atomic E-state index is 0.170. The van der Waals surface area contributed by atoms with Gasteiger partial charge in [-0.05, 0) is 37.0 Å². The van der Waals surface area contributed by atoms with Gasteiger partial charge in [-0.2, -0.15) is 0 Å². The zero-order valence-corrected chi connectivity index (χ0v) is 20.5. The molecule has 3 N–H and O–H groups in total. The second-order valence-electron chi connectivity index (χ2n) is 9.80. The number of hydrogen-bond acceptors (Lipinski definition) is 5. The number of amides is 1. The first kappa shape index (κ1) is 22.8. The summed E-state index contributed by atoms with van der Waals surface area (Å²) in [5.41, 5.74) is 3.00. The van der Waals surface area contributed by atoms with Gasteiger partial charge in [-0.15, -0.1) is 0 Å². The predicted octanol–water partition coefficient (Wildman–Crippen LogP) is 4.46. The first-order chi connectivity index (χ1) is 17.5. The average molecular weight is 503 g/mol. The molecule has 2 aliphatic rings. The van der Waals surface area contributed by atoms with Crippen molar-refractivity contribution in [3.63, 3.8) is 0 Å². The lowest BCUT2D eigenvalue weighted by Crippen LogP contribution is -2.36. The first-order valence-corrected chi connectivity index (χ1v) is 12.7. The van der Waals surface area contributed by atoms with Crippen LogP contribution < -0.4 is 16.2 Å². The van der Waals surface area contributed by atoms with Crippen molar-refractivity contribution >= 4 is 34.2 Å². The van der Waals surface area contributed by atoms with Crippen molar-refractivity contribution < 1.29 is 4.79 Å². The van der Waals surface area contributed by atoms with Gasteiger partial charge in [0.15, 0.2) is 11.0 Å². The molecule has 184 valence electrons. The molecule has 1 atom stereocenters. The molecule has 1 aromatic carbocycles. The molecule has 0 saturated heterocycles. The molecular weight excluding hydrogens is 476 g/mol. The fourth-order valence-corrected chi connectivity index (χ4v) is 6.25. The molecule has 1 aliphatic heterocycles. The number of nitrogens with zero attached hydrogens (tertiary/aromatic N) is 3. The molecule has 36 heavy (non-hydrogen) atoms. The summed E-state index contributed by atoms with van der Waals surface area (Å²) in [5.74, 6) is -0.0150. The van der Waals surface area contributed by atoms with Crippen LogP contribution in [0.25, 0.3) is 10.9 Å². The van der Waals surface area contributed by atoms with Gasteiger partial charge in [0.05, 0.1) is 12.2 Å². The minimum Gasteiger partial charge on any atom is -0.361 e. The van der Waals surface area contributed by atoms with Crippen molar-refractivity contribution in [1.82, 2.24) is 24.8 Å². The standard InChI is InChI=1S/C27H27ClN6O2/c28-23-22-27(9-4-5-10-27)13-21(25(35)31-16-19-12-18-15-29-11-8-20(18)32-19)34(22)26(36)24(33-23)30-14-17-6-2-1-3-7-17/h1-3,6-8,11-12,15,21,32H,4-5,9-10,13-14,16H2,(H,30,33)(H,31,35). The molecule has 9 heteroatoms. The van der Waals surface area contributed by atoms with E-state index in [0.29, 0.717) is 30.4 Å². The van der Waals surface area contributed by atoms with Gasteiger partial charge in [-0.3, -0.25) is 19.1 Å². The van der Waals surface area contributed by atoms with Crippen LogP contribution in [0.4, 0.5) is 5.82 Å². The van der Waals surface area contributed by atoms with Crippen LogP contribution >= 0.6 is 11.6 Å². The van der Waals surface area contributed by atoms with E-state index in [9.17, 15) is 9.59 Å². The quantitative estimate of drug-likeness (QED) is 0.361. The lowest BCUT2D eigenvalue weighted by Gasteiger charge is -2.23. The van der Waals surface area contributed by atoms with Gasteiger partial charge < -0.3 is 15.6 Å². The number of halogens is 1. The molecular formula is C27H27ClN6O2. The number of benzene rings is 1. The fourth-order valence-electron chi connectivity index (χ4n) is 5.87. The number of aromatic nitrogens is 4. The van der Waals surface area contributed by atoms with Crippen LogP contribution in [0, 0.1) is 0 Å². The molecule has 0 bridgehead atoms. The van der Waals surface area contributed by atoms with Crippen LogP contribution in [-0.4, -0.2) is 25.4 Å². The Hall–Kier alpha value is -3.65. The van der Waals surface area contributed by atoms with Crippen molar-refractivity contribution in [1.29, 1.82) is 0 Å². The Balaban J connectivity index is 1.30. The first-order valence-electron chi connectivity index (χ1n) is 12.3. The Labute approximate surface area is 213 Å². The number of fused-ring (bicyclic) bond motifs is 3. The average Bonchev–Trinajstić information content (AvgIpc) is 3.62. The smallest absolute Gasteiger partial charge is 0.294 e. The maximum absolute atomic E-state index is 13.7. The molecule has 1 saturated carbocycles. The molecule has 8 nitrogen and oxygen atoms in total. The van der Waals surface area contributed by atoms with Crippen LogP contribution in [0.15, 0.2) is 59.7 Å². The Kier molecular flexibility index (Phi) is 5.76. The molecule has 6 rings (SSSR count). The van der Waals surface area contributed by atoms with Gasteiger partial charge in [-0.25, -0.2) is 4.98 Å². The zero-order valence-electron chi connectivity index (χ0n) is 19.8. The molecule has 3 aromatic heterocycles. The third-order valence-electron chi connectivity index (χ3n) is 7.56. The van der Waals surface area contributed by atoms with E-state index in [-0.39, 0.29) is 22.7 Å². The normalized spacial score (nSPS) is 18.0. The molecule has 1 aliphatic carbocycles. The van der Waals surface area contributed by atoms with Gasteiger partial charge in [0.25, 0.3) is 5.56 Å². The topological polar surface area (TPSA) is 105 Å². The van der Waals surface area contributed by atoms with Crippen LogP contribution in [0.3, 0.4) is 0 Å². The molecule has 1 unspecified atom stereocenters. The van der Waals surface area contributed by atoms with Gasteiger partial charge in [-0.1, -0.05) is 54.8 Å². The van der Waals surface area contributed by atoms with E-state index in [1.807, 2.05) is 42.5 Å². The maximum Gasteiger partial charge on any atom is 0.294 e. The van der Waals surface area contributed by atoms with Crippen molar-refractivity contribution in [2.45, 2.75) is 56.7 Å². The number of hydrogen-bond donors (Lipinski definition) is 3. The van der Waals surface area contributed by atoms with E-state index in [1.165, 1.54) is 0 Å². The highest BCUT2D eigenvalue weighted by atomic mass is 35.5. The SMILES string of the molecule is O=C(NCc1cc2cnccc2[nH]1)C1CC2(CCCC2)c2c(Cl)nc(NCc3ccccc3)c(=O)n21. The number of pyridine rings is 1. The van der Waals surface area contributed by atoms with Crippen molar-refractivity contribution in [3.8, 4) is 0 Å². The Bertz CT molecular complexity index is 1460. The number of nitrogens with one attached hydrogen (secondary N) is 3. The molecule has 1 amide bonds. The van der Waals surface area contributed by atoms with E-state index in [1.54, 1.807) is 17.0 Å². The number of carbonyl (C=O) groups excluding carboxylic acids is 1. The summed E-state index contributed by atoms with van der Waals surface area (Å²) >= 11 is 6.73. The summed E-state index contributed by atoms with van der Waals surface area (Å²) in [6, 6.07) is 13.0. The second kappa shape index (κ2) is 9.09. The molecule has 1 fully saturated rings. The maximum atomic E-state index is 13.7. The molecule has 4 heterocycles. The summed E-state index contributed by atoms with van der Waals surface area (Å²) in [5, 5.41) is 7.48. The predicted molar refractivity (Wildman–Crippen MR) is 139 cm³/mol. The van der Waals surface area contributed by atoms with Crippen molar-refractivity contribution in [2.75, 3.05) is 5.32 Å². The van der Waals surface area contributed by atoms with Gasteiger partial charge in [0.1, 0.15) is 6.04 Å². The zero-order chi connectivity index (χ0) is 24.7. The largest absolute Gasteiger partial charge is 0.361 e. The Morgan fingerprint density at radius 3 is 2.75 bits per heavy atom. The lowest BCUT2D eigenvalue weighted by molar-refractivity contribution is -0.124. The summed E-state index contributed by atoms with van der Waals surface area (Å²) in [6.07, 6.45) is 7.99. The summed E-state index contributed by atoms with van der Waals surface area (Å²) in [7, 11) is 0. The van der Waals surface area contributed by atoms with Crippen LogP contribution in [-0.2, 0) is 23.3 Å². The van der Waals surface area contributed by atoms with E-state index < -0.39 is 6.04 Å². The Morgan fingerprint density at radius 1 is 1.17 bits per heavy atom. The van der Waals surface area contributed by atoms with E-state index in [2.05, 4.69) is 25.6 Å². The number of carbonyl (C=O) groups is 1. The van der Waals surface area contributed by atoms with Crippen LogP contribution in [0.2, 0.25) is 5.15 Å². The highest BCUT2D eigenvalue weighted by molar-refractivity contribution is 6.30. The summed E-state index contributed by atoms with van der Waals surface area (Å²) in [4.78, 5) is 39.1. The van der Waals surface area contributed by atoms with Crippen LogP contribution in [0.5, 0.6) is 0 Å². The van der Waals surface area contributed by atoms with E-state index in [4.69, 9.17) is 11.6 Å². The lowest BCUT2D eigenvalue weighted by atomic mass is 9.80. The summed E-state index contributed by atoms with van der Waals surface area (Å²) in [6.45, 7) is 0.773. The Morgan fingerprint density at radius 2 is 1.97 bits per heavy atom. The second-order valence-corrected chi connectivity index (χ2v) is 10.2. The highest BCUT2D eigenvalue weighted by Gasteiger charge is 2.50. The van der Waals surface area contributed by atoms with E-state index in [0.717, 1.165) is 47.8 Å². The molecule has 0 radical (unpaired) electrons. The third-order valence-corrected chi connectivity index (χ3v) is 7.83. The van der Waals surface area contributed by atoms with E-state index >= 15 is 0 Å². The molecule has 4 aromatic rings.